The van der Waals surface area contributed by atoms with Gasteiger partial charge in [-0.05, 0) is 72.8 Å². The Morgan fingerprint density at radius 1 is 0.381 bits per heavy atom. The molecule has 0 saturated carbocycles. The van der Waals surface area contributed by atoms with Gasteiger partial charge in [-0.1, -0.05) is 134 Å². The molecule has 0 atom stereocenters. The molecular formula is C83H61FN12O8S. The monoisotopic (exact) mass is 1400 g/mol. The highest BCUT2D eigenvalue weighted by Gasteiger charge is 2.31. The standard InChI is InChI=1S/C21H14FN3O2.2C21H15N3O2.C19H13N3O2S.CH4/c1-3-13-8-9-17-15(10-13)19(14-6-4-5-7-16(14)22)23-11-18-20(21(26)27-2)24-12-25(17)18;2*1-3-14-9-10-17-16(11-14)19(15-7-5-4-6-8-15)22-12-18-20(21(25)26-2)23-13-24(17)18;1-3-13-9-14-18(25-13)16(12-7-5-4-6-8-12)20-10-15-17(19(23)24-2)21-11-22(14)15;/h1,4-10,12H,11H2,2H3;2*1,4-11,13H,12H2,2H3;1,4-9,11H,10H2,2H3;1H4. The van der Waals surface area contributed by atoms with E-state index in [1.807, 2.05) is 153 Å². The molecule has 4 aliphatic heterocycles. The van der Waals surface area contributed by atoms with Crippen molar-refractivity contribution in [3.05, 3.63) is 318 Å². The molecule has 514 valence electrons. The van der Waals surface area contributed by atoms with Crippen LogP contribution in [0.5, 0.6) is 0 Å². The smallest absolute Gasteiger partial charge is 0.358 e. The summed E-state index contributed by atoms with van der Waals surface area (Å²) in [6, 6.07) is 55.0. The molecule has 0 bridgehead atoms. The molecule has 0 amide bonds. The second-order valence-electron chi connectivity index (χ2n) is 22.9. The molecular weight excluding hydrogens is 1340 g/mol. The molecule has 20 nitrogen and oxygen atoms in total. The zero-order valence-corrected chi connectivity index (χ0v) is 56.9. The van der Waals surface area contributed by atoms with Crippen molar-refractivity contribution in [2.45, 2.75) is 33.6 Å². The highest BCUT2D eigenvalue weighted by molar-refractivity contribution is 7.15. The SMILES string of the molecule is C.C#Cc1cc2c(s1)C(c1ccccc1)=NCc1c(C(=O)OC)ncn1-2.C#Cc1ccc2c(c1)C(c1ccccc1)=NCc1c(C(=O)OC)ncn1-2.C#Cc1ccc2c(c1)C(c1ccccc1)=NCc1c(C(=O)OC)ncn1-2.C#Cc1ccc2c(c1)C(c1ccccc1F)=NCc1c(C(=O)OC)ncn1-2. The lowest BCUT2D eigenvalue weighted by molar-refractivity contribution is 0.0584. The number of ether oxygens (including phenoxy) is 4. The number of carbonyl (C=O) groups is 4. The summed E-state index contributed by atoms with van der Waals surface area (Å²) in [6.45, 7) is 1.11. The lowest BCUT2D eigenvalue weighted by Crippen LogP contribution is -2.09. The molecule has 4 aliphatic rings. The molecule has 9 heterocycles. The van der Waals surface area contributed by atoms with Gasteiger partial charge in [0.15, 0.2) is 22.8 Å². The molecule has 7 aromatic carbocycles. The van der Waals surface area contributed by atoms with Crippen LogP contribution in [0.2, 0.25) is 0 Å². The summed E-state index contributed by atoms with van der Waals surface area (Å²) >= 11 is 1.51. The second-order valence-corrected chi connectivity index (χ2v) is 24.0. The van der Waals surface area contributed by atoms with Crippen molar-refractivity contribution in [2.75, 3.05) is 28.4 Å². The summed E-state index contributed by atoms with van der Waals surface area (Å²) in [5.41, 5.74) is 18.0. The number of aliphatic imine (C=N–C) groups is 4. The molecule has 12 aromatic rings. The van der Waals surface area contributed by atoms with Crippen molar-refractivity contribution in [3.8, 4) is 72.1 Å². The van der Waals surface area contributed by atoms with Crippen molar-refractivity contribution < 1.29 is 42.5 Å². The van der Waals surface area contributed by atoms with E-state index in [0.29, 0.717) is 70.5 Å². The molecule has 22 heteroatoms. The van der Waals surface area contributed by atoms with Crippen LogP contribution in [-0.4, -0.2) is 113 Å². The van der Waals surface area contributed by atoms with Crippen molar-refractivity contribution in [1.29, 1.82) is 0 Å². The van der Waals surface area contributed by atoms with Crippen LogP contribution in [0.1, 0.15) is 138 Å². The number of fused-ring (bicyclic) bond motifs is 12. The van der Waals surface area contributed by atoms with Crippen LogP contribution < -0.4 is 0 Å². The van der Waals surface area contributed by atoms with Gasteiger partial charge in [-0.3, -0.25) is 38.2 Å². The highest BCUT2D eigenvalue weighted by Crippen LogP contribution is 2.35. The molecule has 16 rings (SSSR count). The summed E-state index contributed by atoms with van der Waals surface area (Å²) in [4.78, 5) is 85.7. The number of esters is 4. The number of halogens is 1. The Morgan fingerprint density at radius 3 is 1.04 bits per heavy atom. The van der Waals surface area contributed by atoms with Crippen molar-refractivity contribution in [2.24, 2.45) is 20.0 Å². The first-order valence-corrected chi connectivity index (χ1v) is 32.8. The van der Waals surface area contributed by atoms with E-state index in [2.05, 4.69) is 48.6 Å². The van der Waals surface area contributed by atoms with E-state index in [9.17, 15) is 23.6 Å². The van der Waals surface area contributed by atoms with Crippen molar-refractivity contribution in [3.63, 3.8) is 0 Å². The van der Waals surface area contributed by atoms with E-state index in [4.69, 9.17) is 59.6 Å². The van der Waals surface area contributed by atoms with Gasteiger partial charge in [-0.2, -0.15) is 0 Å². The molecule has 0 saturated heterocycles. The lowest BCUT2D eigenvalue weighted by atomic mass is 9.98. The Labute approximate surface area is 607 Å². The number of aromatic nitrogens is 8. The molecule has 0 fully saturated rings. The minimum absolute atomic E-state index is 0. The fourth-order valence-corrected chi connectivity index (χ4v) is 13.2. The van der Waals surface area contributed by atoms with Crippen molar-refractivity contribution in [1.82, 2.24) is 38.2 Å². The number of terminal acetylenes is 4. The van der Waals surface area contributed by atoms with Gasteiger partial charge in [-0.25, -0.2) is 43.5 Å². The largest absolute Gasteiger partial charge is 0.464 e. The number of nitrogens with zero attached hydrogens (tertiary/aromatic N) is 12. The zero-order chi connectivity index (χ0) is 72.5. The number of thiophene rings is 1. The minimum Gasteiger partial charge on any atom is -0.464 e. The third-order valence-corrected chi connectivity index (χ3v) is 18.2. The molecule has 0 radical (unpaired) electrons. The third-order valence-electron chi connectivity index (χ3n) is 17.2. The maximum absolute atomic E-state index is 14.5. The summed E-state index contributed by atoms with van der Waals surface area (Å²) in [7, 11) is 5.33. The molecule has 0 unspecified atom stereocenters. The van der Waals surface area contributed by atoms with Crippen LogP contribution in [0.25, 0.3) is 22.7 Å². The number of hydrogen-bond acceptors (Lipinski definition) is 17. The quantitative estimate of drug-likeness (QED) is 0.0786. The number of imidazole rings is 4. The minimum atomic E-state index is -0.546. The Morgan fingerprint density at radius 2 is 0.695 bits per heavy atom. The van der Waals surface area contributed by atoms with E-state index in [0.717, 1.165) is 82.9 Å². The Bertz CT molecular complexity index is 5550. The average molecular weight is 1410 g/mol. The van der Waals surface area contributed by atoms with Crippen LogP contribution in [-0.2, 0) is 45.1 Å². The number of benzene rings is 7. The first-order chi connectivity index (χ1) is 50.8. The Kier molecular flexibility index (Phi) is 21.0. The van der Waals surface area contributed by atoms with Crippen molar-refractivity contribution >= 4 is 58.1 Å². The van der Waals surface area contributed by atoms with Gasteiger partial charge in [0.2, 0.25) is 0 Å². The van der Waals surface area contributed by atoms with Crippen LogP contribution in [0, 0.1) is 55.2 Å². The van der Waals surface area contributed by atoms with Gasteiger partial charge in [0.25, 0.3) is 0 Å². The van der Waals surface area contributed by atoms with Gasteiger partial charge >= 0.3 is 23.9 Å². The van der Waals surface area contributed by atoms with Crippen LogP contribution >= 0.6 is 11.3 Å². The van der Waals surface area contributed by atoms with Gasteiger partial charge in [0.05, 0.1) is 133 Å². The van der Waals surface area contributed by atoms with Crippen LogP contribution in [0.3, 0.4) is 0 Å². The predicted molar refractivity (Wildman–Crippen MR) is 399 cm³/mol. The van der Waals surface area contributed by atoms with E-state index in [-0.39, 0.29) is 42.6 Å². The van der Waals surface area contributed by atoms with E-state index in [1.54, 1.807) is 53.9 Å². The number of carbonyl (C=O) groups excluding carboxylic acids is 4. The molecule has 0 spiro atoms. The molecule has 105 heavy (non-hydrogen) atoms. The van der Waals surface area contributed by atoms with Crippen LogP contribution in [0.4, 0.5) is 4.39 Å². The van der Waals surface area contributed by atoms with Gasteiger partial charge in [-0.15, -0.1) is 37.0 Å². The van der Waals surface area contributed by atoms with E-state index in [1.165, 1.54) is 52.2 Å². The maximum Gasteiger partial charge on any atom is 0.358 e. The Hall–Kier alpha value is -14.2. The predicted octanol–water partition coefficient (Wildman–Crippen LogP) is 12.8. The highest BCUT2D eigenvalue weighted by atomic mass is 32.1. The summed E-state index contributed by atoms with van der Waals surface area (Å²) in [6.07, 6.45) is 28.7. The average Bonchev–Trinajstić information content (AvgIpc) is 1.65. The fraction of sp³-hybridized carbons (Fsp3) is 0.108. The maximum atomic E-state index is 14.5. The number of rotatable bonds is 8. The number of hydrogen-bond donors (Lipinski definition) is 0. The summed E-state index contributed by atoms with van der Waals surface area (Å²) in [5, 5.41) is 0. The summed E-state index contributed by atoms with van der Waals surface area (Å²) in [5.74, 6) is 8.28. The molecule has 0 N–H and O–H groups in total. The first-order valence-electron chi connectivity index (χ1n) is 31.9. The van der Waals surface area contributed by atoms with E-state index < -0.39 is 23.9 Å². The second kappa shape index (κ2) is 31.1. The normalized spacial score (nSPS) is 12.2. The van der Waals surface area contributed by atoms with Gasteiger partial charge < -0.3 is 18.9 Å². The topological polar surface area (TPSA) is 226 Å². The zero-order valence-electron chi connectivity index (χ0n) is 56.1. The fourth-order valence-electron chi connectivity index (χ4n) is 12.2. The lowest BCUT2D eigenvalue weighted by Gasteiger charge is -2.12. The first kappa shape index (κ1) is 70.7. The molecule has 5 aromatic heterocycles. The summed E-state index contributed by atoms with van der Waals surface area (Å²) < 4.78 is 41.2. The van der Waals surface area contributed by atoms with E-state index >= 15 is 0 Å². The van der Waals surface area contributed by atoms with Gasteiger partial charge in [0.1, 0.15) is 31.1 Å². The van der Waals surface area contributed by atoms with Crippen LogP contribution in [0.15, 0.2) is 221 Å². The Balaban J connectivity index is 0.000000131. The third kappa shape index (κ3) is 13.8. The van der Waals surface area contributed by atoms with Gasteiger partial charge in [0, 0.05) is 55.6 Å². The molecule has 0 aliphatic carbocycles. The number of methoxy groups -OCH3 is 4.